The molecule has 1 aromatic heterocycles. The molecule has 0 aliphatic carbocycles. The Morgan fingerprint density at radius 2 is 2.12 bits per heavy atom. The van der Waals surface area contributed by atoms with E-state index in [0.29, 0.717) is 5.56 Å². The molecule has 1 N–H and O–H groups in total. The quantitative estimate of drug-likeness (QED) is 0.852. The van der Waals surface area contributed by atoms with Gasteiger partial charge < -0.3 is 5.11 Å². The van der Waals surface area contributed by atoms with Crippen molar-refractivity contribution in [3.05, 3.63) is 53.2 Å². The highest BCUT2D eigenvalue weighted by Gasteiger charge is 2.03. The van der Waals surface area contributed by atoms with Crippen LogP contribution in [0.1, 0.15) is 16.7 Å². The van der Waals surface area contributed by atoms with Crippen LogP contribution in [0.4, 0.5) is 0 Å². The summed E-state index contributed by atoms with van der Waals surface area (Å²) in [5.74, 6) is 0. The Bertz CT molecular complexity index is 585. The van der Waals surface area contributed by atoms with Crippen molar-refractivity contribution in [2.24, 2.45) is 0 Å². The fourth-order valence-corrected chi connectivity index (χ4v) is 1.73. The third-order valence-electron chi connectivity index (χ3n) is 2.51. The number of hydrogen-bond donors (Lipinski definition) is 1. The highest BCUT2D eigenvalue weighted by atomic mass is 16.3. The van der Waals surface area contributed by atoms with E-state index in [0.717, 1.165) is 22.4 Å². The van der Waals surface area contributed by atoms with E-state index in [1.54, 1.807) is 18.3 Å². The number of aliphatic hydroxyl groups excluding tert-OH is 1. The summed E-state index contributed by atoms with van der Waals surface area (Å²) >= 11 is 0. The topological polar surface area (TPSA) is 56.9 Å². The van der Waals surface area contributed by atoms with Crippen LogP contribution in [0.5, 0.6) is 0 Å². The zero-order chi connectivity index (χ0) is 12.3. The Balaban J connectivity index is 2.52. The van der Waals surface area contributed by atoms with Crippen molar-refractivity contribution in [3.8, 4) is 17.3 Å². The molecule has 0 spiro atoms. The fraction of sp³-hybridized carbons (Fsp3) is 0.143. The first-order valence-electron chi connectivity index (χ1n) is 5.31. The number of aromatic nitrogens is 1. The van der Waals surface area contributed by atoms with E-state index in [9.17, 15) is 0 Å². The lowest BCUT2D eigenvalue weighted by atomic mass is 10.0. The van der Waals surface area contributed by atoms with E-state index in [1.807, 2.05) is 25.1 Å². The molecule has 0 atom stereocenters. The molecule has 17 heavy (non-hydrogen) atoms. The number of hydrogen-bond acceptors (Lipinski definition) is 3. The Morgan fingerprint density at radius 3 is 2.82 bits per heavy atom. The first kappa shape index (κ1) is 11.3. The molecule has 0 saturated heterocycles. The van der Waals surface area contributed by atoms with E-state index in [2.05, 4.69) is 11.1 Å². The number of aliphatic hydroxyl groups is 1. The number of benzene rings is 1. The highest BCUT2D eigenvalue weighted by molar-refractivity contribution is 5.63. The van der Waals surface area contributed by atoms with Crippen LogP contribution in [-0.4, -0.2) is 10.1 Å². The summed E-state index contributed by atoms with van der Waals surface area (Å²) in [6.45, 7) is 1.94. The first-order valence-corrected chi connectivity index (χ1v) is 5.31. The largest absolute Gasteiger partial charge is 0.392 e. The zero-order valence-electron chi connectivity index (χ0n) is 9.51. The average Bonchev–Trinajstić information content (AvgIpc) is 2.38. The molecule has 1 heterocycles. The maximum absolute atomic E-state index is 9.08. The molecule has 0 bridgehead atoms. The van der Waals surface area contributed by atoms with Gasteiger partial charge in [-0.15, -0.1) is 0 Å². The summed E-state index contributed by atoms with van der Waals surface area (Å²) in [6.07, 6.45) is 1.66. The lowest BCUT2D eigenvalue weighted by Gasteiger charge is -2.04. The lowest BCUT2D eigenvalue weighted by molar-refractivity contribution is 0.282. The van der Waals surface area contributed by atoms with Crippen molar-refractivity contribution < 1.29 is 5.11 Å². The van der Waals surface area contributed by atoms with E-state index < -0.39 is 0 Å². The summed E-state index contributed by atoms with van der Waals surface area (Å²) in [6, 6.07) is 11.3. The summed E-state index contributed by atoms with van der Waals surface area (Å²) in [5, 5.41) is 18.0. The van der Waals surface area contributed by atoms with Crippen LogP contribution in [0.15, 0.2) is 36.5 Å². The van der Waals surface area contributed by atoms with Crippen LogP contribution in [0.2, 0.25) is 0 Å². The molecule has 0 fully saturated rings. The van der Waals surface area contributed by atoms with Gasteiger partial charge in [0.2, 0.25) is 0 Å². The molecule has 3 nitrogen and oxygen atoms in total. The maximum atomic E-state index is 9.08. The molecule has 0 radical (unpaired) electrons. The van der Waals surface area contributed by atoms with Crippen LogP contribution in [0.3, 0.4) is 0 Å². The van der Waals surface area contributed by atoms with Gasteiger partial charge in [0.1, 0.15) is 0 Å². The summed E-state index contributed by atoms with van der Waals surface area (Å²) in [7, 11) is 0. The standard InChI is InChI=1S/C14H12N2O/c1-10-4-12(8-15)6-13(5-10)14-7-11(9-17)2-3-16-14/h2-7,17H,9H2,1H3. The minimum atomic E-state index is -0.00750. The summed E-state index contributed by atoms with van der Waals surface area (Å²) in [5.41, 5.74) is 4.13. The van der Waals surface area contributed by atoms with Gasteiger partial charge in [0.25, 0.3) is 0 Å². The number of aryl methyl sites for hydroxylation is 1. The monoisotopic (exact) mass is 224 g/mol. The van der Waals surface area contributed by atoms with Gasteiger partial charge in [0, 0.05) is 11.8 Å². The minimum Gasteiger partial charge on any atom is -0.392 e. The van der Waals surface area contributed by atoms with Gasteiger partial charge in [0.15, 0.2) is 0 Å². The molecule has 0 amide bonds. The van der Waals surface area contributed by atoms with Gasteiger partial charge >= 0.3 is 0 Å². The summed E-state index contributed by atoms with van der Waals surface area (Å²) < 4.78 is 0. The first-order chi connectivity index (χ1) is 8.22. The van der Waals surface area contributed by atoms with E-state index in [4.69, 9.17) is 10.4 Å². The van der Waals surface area contributed by atoms with Crippen LogP contribution >= 0.6 is 0 Å². The van der Waals surface area contributed by atoms with Crippen LogP contribution in [-0.2, 0) is 6.61 Å². The molecule has 2 aromatic rings. The molecule has 0 aliphatic rings. The number of nitrogens with zero attached hydrogens (tertiary/aromatic N) is 2. The van der Waals surface area contributed by atoms with Crippen molar-refractivity contribution >= 4 is 0 Å². The lowest BCUT2D eigenvalue weighted by Crippen LogP contribution is -1.90. The minimum absolute atomic E-state index is 0.00750. The van der Waals surface area contributed by atoms with Crippen molar-refractivity contribution in [3.63, 3.8) is 0 Å². The second-order valence-corrected chi connectivity index (χ2v) is 3.91. The molecule has 0 saturated carbocycles. The Labute approximate surface area is 100.0 Å². The number of rotatable bonds is 2. The Kier molecular flexibility index (Phi) is 3.17. The van der Waals surface area contributed by atoms with Gasteiger partial charge in [0.05, 0.1) is 23.9 Å². The van der Waals surface area contributed by atoms with Gasteiger partial charge in [-0.3, -0.25) is 4.98 Å². The molecular weight excluding hydrogens is 212 g/mol. The van der Waals surface area contributed by atoms with Gasteiger partial charge in [-0.2, -0.15) is 5.26 Å². The SMILES string of the molecule is Cc1cc(C#N)cc(-c2cc(CO)ccn2)c1. The second-order valence-electron chi connectivity index (χ2n) is 3.91. The molecule has 0 aliphatic heterocycles. The normalized spacial score (nSPS) is 9.94. The van der Waals surface area contributed by atoms with Crippen molar-refractivity contribution in [1.29, 1.82) is 5.26 Å². The average molecular weight is 224 g/mol. The van der Waals surface area contributed by atoms with Crippen molar-refractivity contribution in [2.75, 3.05) is 0 Å². The van der Waals surface area contributed by atoms with Crippen LogP contribution in [0, 0.1) is 18.3 Å². The predicted molar refractivity (Wildman–Crippen MR) is 65.0 cm³/mol. The van der Waals surface area contributed by atoms with E-state index in [1.165, 1.54) is 0 Å². The highest BCUT2D eigenvalue weighted by Crippen LogP contribution is 2.21. The third-order valence-corrected chi connectivity index (χ3v) is 2.51. The van der Waals surface area contributed by atoms with Gasteiger partial charge in [-0.25, -0.2) is 0 Å². The third kappa shape index (κ3) is 2.49. The Morgan fingerprint density at radius 1 is 1.29 bits per heavy atom. The number of pyridine rings is 1. The molecule has 0 unspecified atom stereocenters. The van der Waals surface area contributed by atoms with Crippen LogP contribution < -0.4 is 0 Å². The van der Waals surface area contributed by atoms with Gasteiger partial charge in [-0.1, -0.05) is 0 Å². The Hall–Kier alpha value is -2.18. The molecular formula is C14H12N2O. The molecule has 2 rings (SSSR count). The van der Waals surface area contributed by atoms with Crippen LogP contribution in [0.25, 0.3) is 11.3 Å². The summed E-state index contributed by atoms with van der Waals surface area (Å²) in [4.78, 5) is 4.25. The predicted octanol–water partition coefficient (Wildman–Crippen LogP) is 2.42. The molecule has 3 heteroatoms. The number of nitriles is 1. The molecule has 84 valence electrons. The fourth-order valence-electron chi connectivity index (χ4n) is 1.73. The van der Waals surface area contributed by atoms with Gasteiger partial charge in [-0.05, 0) is 48.4 Å². The second kappa shape index (κ2) is 4.77. The van der Waals surface area contributed by atoms with E-state index >= 15 is 0 Å². The van der Waals surface area contributed by atoms with Crippen molar-refractivity contribution in [1.82, 2.24) is 4.98 Å². The molecule has 1 aromatic carbocycles. The van der Waals surface area contributed by atoms with E-state index in [-0.39, 0.29) is 6.61 Å². The van der Waals surface area contributed by atoms with Crippen molar-refractivity contribution in [2.45, 2.75) is 13.5 Å². The zero-order valence-corrected chi connectivity index (χ0v) is 9.51. The maximum Gasteiger partial charge on any atom is 0.0991 e. The smallest absolute Gasteiger partial charge is 0.0991 e.